The van der Waals surface area contributed by atoms with Crippen LogP contribution in [0.2, 0.25) is 0 Å². The molecule has 3 heterocycles. The van der Waals surface area contributed by atoms with E-state index in [1.54, 1.807) is 31.6 Å². The quantitative estimate of drug-likeness (QED) is 0.381. The fraction of sp³-hybridized carbons (Fsp3) is 0.0741. The number of anilines is 1. The average Bonchev–Trinajstić information content (AvgIpc) is 3.33. The van der Waals surface area contributed by atoms with E-state index in [1.807, 2.05) is 55.5 Å². The molecule has 0 saturated carbocycles. The standard InChI is InChI=1S/C27H19N3O3/c1-15-3-5-17(6-4-15)30-26(31)24-19(16-9-11-28-12-10-16)14-22-23(25(24)27(30)32)20-13-18(33-2)7-8-21(20)29-22/h3-14,29H,1-2H3. The highest BCUT2D eigenvalue weighted by atomic mass is 16.5. The third kappa shape index (κ3) is 2.77. The fourth-order valence-corrected chi connectivity index (χ4v) is 4.61. The average molecular weight is 433 g/mol. The number of methoxy groups -OCH3 is 1. The molecule has 1 aliphatic rings. The Balaban J connectivity index is 1.71. The molecule has 0 unspecified atom stereocenters. The number of hydrogen-bond acceptors (Lipinski definition) is 4. The van der Waals surface area contributed by atoms with Crippen molar-refractivity contribution in [3.05, 3.63) is 89.7 Å². The molecule has 6 nitrogen and oxygen atoms in total. The van der Waals surface area contributed by atoms with Crippen molar-refractivity contribution in [1.82, 2.24) is 9.97 Å². The Kier molecular flexibility index (Phi) is 4.10. The van der Waals surface area contributed by atoms with Gasteiger partial charge >= 0.3 is 0 Å². The number of aromatic nitrogens is 2. The van der Waals surface area contributed by atoms with Crippen LogP contribution in [-0.4, -0.2) is 28.9 Å². The SMILES string of the molecule is COc1ccc2[nH]c3cc(-c4ccncc4)c4c(c3c2c1)C(=O)N(c1ccc(C)cc1)C4=O. The van der Waals surface area contributed by atoms with Gasteiger partial charge in [-0.1, -0.05) is 17.7 Å². The van der Waals surface area contributed by atoms with E-state index in [-0.39, 0.29) is 11.8 Å². The number of H-pyrrole nitrogens is 1. The predicted octanol–water partition coefficient (Wildman–Crippen LogP) is 5.50. The second-order valence-electron chi connectivity index (χ2n) is 8.15. The Bertz CT molecular complexity index is 1580. The van der Waals surface area contributed by atoms with Crippen molar-refractivity contribution < 1.29 is 14.3 Å². The van der Waals surface area contributed by atoms with E-state index < -0.39 is 0 Å². The summed E-state index contributed by atoms with van der Waals surface area (Å²) < 4.78 is 5.42. The maximum absolute atomic E-state index is 13.8. The zero-order chi connectivity index (χ0) is 22.7. The van der Waals surface area contributed by atoms with Crippen LogP contribution in [0.5, 0.6) is 5.75 Å². The van der Waals surface area contributed by atoms with Gasteiger partial charge in [0.15, 0.2) is 0 Å². The lowest BCUT2D eigenvalue weighted by molar-refractivity contribution is 0.0927. The number of ether oxygens (including phenoxy) is 1. The van der Waals surface area contributed by atoms with Gasteiger partial charge in [0, 0.05) is 34.2 Å². The van der Waals surface area contributed by atoms with Crippen LogP contribution in [-0.2, 0) is 0 Å². The van der Waals surface area contributed by atoms with Crippen molar-refractivity contribution in [1.29, 1.82) is 0 Å². The van der Waals surface area contributed by atoms with Gasteiger partial charge in [0.05, 0.1) is 23.9 Å². The number of hydrogen-bond donors (Lipinski definition) is 1. The van der Waals surface area contributed by atoms with E-state index in [0.29, 0.717) is 28.1 Å². The van der Waals surface area contributed by atoms with Crippen LogP contribution in [0.25, 0.3) is 32.9 Å². The molecule has 2 amide bonds. The van der Waals surface area contributed by atoms with E-state index in [4.69, 9.17) is 4.74 Å². The number of carbonyl (C=O) groups is 2. The Morgan fingerprint density at radius 2 is 1.58 bits per heavy atom. The van der Waals surface area contributed by atoms with Crippen LogP contribution >= 0.6 is 0 Å². The summed E-state index contributed by atoms with van der Waals surface area (Å²) in [5.41, 5.74) is 5.60. The van der Waals surface area contributed by atoms with Crippen molar-refractivity contribution in [3.8, 4) is 16.9 Å². The molecule has 3 aromatic carbocycles. The molecule has 5 aromatic rings. The summed E-state index contributed by atoms with van der Waals surface area (Å²) in [6.45, 7) is 1.97. The van der Waals surface area contributed by atoms with E-state index >= 15 is 0 Å². The molecular weight excluding hydrogens is 414 g/mol. The minimum Gasteiger partial charge on any atom is -0.497 e. The largest absolute Gasteiger partial charge is 0.497 e. The second kappa shape index (κ2) is 7.03. The highest BCUT2D eigenvalue weighted by molar-refractivity contribution is 6.41. The number of nitrogens with zero attached hydrogens (tertiary/aromatic N) is 2. The van der Waals surface area contributed by atoms with Gasteiger partial charge in [-0.05, 0) is 66.6 Å². The third-order valence-corrected chi connectivity index (χ3v) is 6.21. The van der Waals surface area contributed by atoms with Crippen LogP contribution in [0.3, 0.4) is 0 Å². The van der Waals surface area contributed by atoms with Crippen LogP contribution in [0.1, 0.15) is 26.3 Å². The second-order valence-corrected chi connectivity index (χ2v) is 8.15. The maximum atomic E-state index is 13.8. The number of benzene rings is 3. The maximum Gasteiger partial charge on any atom is 0.266 e. The Morgan fingerprint density at radius 3 is 2.30 bits per heavy atom. The number of amides is 2. The lowest BCUT2D eigenvalue weighted by Gasteiger charge is -2.14. The molecule has 0 spiro atoms. The van der Waals surface area contributed by atoms with Crippen molar-refractivity contribution in [2.45, 2.75) is 6.92 Å². The van der Waals surface area contributed by atoms with Crippen LogP contribution in [0.15, 0.2) is 73.1 Å². The van der Waals surface area contributed by atoms with Gasteiger partial charge in [-0.3, -0.25) is 14.6 Å². The molecule has 1 aliphatic heterocycles. The molecule has 0 aliphatic carbocycles. The van der Waals surface area contributed by atoms with Crippen LogP contribution in [0, 0.1) is 6.92 Å². The number of carbonyl (C=O) groups excluding carboxylic acids is 2. The first kappa shape index (κ1) is 19.3. The molecule has 6 heteroatoms. The first-order valence-corrected chi connectivity index (χ1v) is 10.6. The number of aryl methyl sites for hydroxylation is 1. The Morgan fingerprint density at radius 1 is 0.848 bits per heavy atom. The summed E-state index contributed by atoms with van der Waals surface area (Å²) >= 11 is 0. The molecule has 2 aromatic heterocycles. The van der Waals surface area contributed by atoms with Crippen molar-refractivity contribution in [3.63, 3.8) is 0 Å². The van der Waals surface area contributed by atoms with Gasteiger partial charge in [0.25, 0.3) is 11.8 Å². The minimum absolute atomic E-state index is 0.329. The number of fused-ring (bicyclic) bond motifs is 5. The monoisotopic (exact) mass is 433 g/mol. The molecule has 0 atom stereocenters. The van der Waals surface area contributed by atoms with Crippen molar-refractivity contribution in [2.24, 2.45) is 0 Å². The molecule has 6 rings (SSSR count). The molecule has 160 valence electrons. The highest BCUT2D eigenvalue weighted by Gasteiger charge is 2.41. The lowest BCUT2D eigenvalue weighted by Crippen LogP contribution is -2.29. The molecule has 0 saturated heterocycles. The molecule has 0 bridgehead atoms. The van der Waals surface area contributed by atoms with Crippen LogP contribution < -0.4 is 9.64 Å². The van der Waals surface area contributed by atoms with Gasteiger partial charge in [0.1, 0.15) is 5.75 Å². The van der Waals surface area contributed by atoms with Gasteiger partial charge in [-0.25, -0.2) is 4.90 Å². The normalized spacial score (nSPS) is 13.2. The summed E-state index contributed by atoms with van der Waals surface area (Å²) in [6, 6.07) is 18.7. The summed E-state index contributed by atoms with van der Waals surface area (Å²) in [7, 11) is 1.61. The number of aromatic amines is 1. The van der Waals surface area contributed by atoms with Crippen LogP contribution in [0.4, 0.5) is 5.69 Å². The Hall–Kier alpha value is -4.45. The number of nitrogens with one attached hydrogen (secondary N) is 1. The van der Waals surface area contributed by atoms with E-state index in [2.05, 4.69) is 9.97 Å². The molecule has 1 N–H and O–H groups in total. The number of imide groups is 1. The molecule has 0 fully saturated rings. The molecule has 33 heavy (non-hydrogen) atoms. The van der Waals surface area contributed by atoms with E-state index in [1.165, 1.54) is 4.90 Å². The summed E-state index contributed by atoms with van der Waals surface area (Å²) in [6.07, 6.45) is 3.36. The van der Waals surface area contributed by atoms with Gasteiger partial charge in [-0.2, -0.15) is 0 Å². The fourth-order valence-electron chi connectivity index (χ4n) is 4.61. The number of rotatable bonds is 3. The minimum atomic E-state index is -0.330. The summed E-state index contributed by atoms with van der Waals surface area (Å²) in [4.78, 5) is 36.4. The summed E-state index contributed by atoms with van der Waals surface area (Å²) in [5, 5.41) is 1.57. The molecule has 0 radical (unpaired) electrons. The van der Waals surface area contributed by atoms with Crippen molar-refractivity contribution in [2.75, 3.05) is 12.0 Å². The predicted molar refractivity (Wildman–Crippen MR) is 128 cm³/mol. The topological polar surface area (TPSA) is 75.3 Å². The zero-order valence-corrected chi connectivity index (χ0v) is 18.0. The lowest BCUT2D eigenvalue weighted by atomic mass is 9.93. The first-order chi connectivity index (χ1) is 16.1. The smallest absolute Gasteiger partial charge is 0.266 e. The number of pyridine rings is 1. The van der Waals surface area contributed by atoms with Gasteiger partial charge < -0.3 is 9.72 Å². The van der Waals surface area contributed by atoms with Gasteiger partial charge in [0.2, 0.25) is 0 Å². The third-order valence-electron chi connectivity index (χ3n) is 6.21. The zero-order valence-electron chi connectivity index (χ0n) is 18.0. The summed E-state index contributed by atoms with van der Waals surface area (Å²) in [5.74, 6) is 0.0239. The Labute approximate surface area is 189 Å². The van der Waals surface area contributed by atoms with E-state index in [0.717, 1.165) is 32.9 Å². The molecular formula is C27H19N3O3. The van der Waals surface area contributed by atoms with Crippen molar-refractivity contribution >= 4 is 39.3 Å². The first-order valence-electron chi connectivity index (χ1n) is 10.6. The van der Waals surface area contributed by atoms with E-state index in [9.17, 15) is 9.59 Å². The van der Waals surface area contributed by atoms with Gasteiger partial charge in [-0.15, -0.1) is 0 Å². The highest BCUT2D eigenvalue weighted by Crippen LogP contribution is 2.42.